The molecular formula is C42H50N8O6S. The van der Waals surface area contributed by atoms with Crippen LogP contribution in [0.25, 0.3) is 42.7 Å². The van der Waals surface area contributed by atoms with Gasteiger partial charge in [-0.1, -0.05) is 52.0 Å². The summed E-state index contributed by atoms with van der Waals surface area (Å²) in [4.78, 5) is 74.2. The minimum Gasteiger partial charge on any atom is -0.465 e. The van der Waals surface area contributed by atoms with Crippen LogP contribution in [0.2, 0.25) is 0 Å². The summed E-state index contributed by atoms with van der Waals surface area (Å²) < 4.78 is 5.99. The van der Waals surface area contributed by atoms with Crippen molar-refractivity contribution in [1.82, 2.24) is 40.0 Å². The number of fused-ring (bicyclic) bond motifs is 5. The van der Waals surface area contributed by atoms with Crippen molar-refractivity contribution in [3.63, 3.8) is 0 Å². The highest BCUT2D eigenvalue weighted by Crippen LogP contribution is 2.50. The van der Waals surface area contributed by atoms with Crippen LogP contribution < -0.4 is 5.32 Å². The molecule has 14 nitrogen and oxygen atoms in total. The Morgan fingerprint density at radius 2 is 1.67 bits per heavy atom. The van der Waals surface area contributed by atoms with E-state index < -0.39 is 24.3 Å². The van der Waals surface area contributed by atoms with Gasteiger partial charge in [0.1, 0.15) is 23.7 Å². The van der Waals surface area contributed by atoms with Gasteiger partial charge in [0.05, 0.1) is 47.9 Å². The largest absolute Gasteiger partial charge is 0.465 e. The summed E-state index contributed by atoms with van der Waals surface area (Å²) in [6.07, 6.45) is 6.41. The second kappa shape index (κ2) is 15.1. The standard InChI is InChI=1S/C42H50N8O6S/c1-21(2)33(47-41(53)56-6)39(51)50-27-13-11-25(17-27)35(50)38-44-20-30(46-38)32-18-26-10-9-23-16-24(12-14-28(23)36(26)57-32)29-19-43-37(45-29)31-8-7-15-49(31)40(52)34(22(3)4)48(5)42(54)55/h9-10,12,14,16,18-22,25,27,31,33-35H,7-8,11,13,15,17H2,1-6H3,(H,43,45)(H,44,46)(H,47,53)(H,54,55)/t25-,27+,31?,33?,34?,35-/m0/s1. The van der Waals surface area contributed by atoms with Crippen LogP contribution in [-0.2, 0) is 14.3 Å². The number of nitrogens with zero attached hydrogens (tertiary/aromatic N) is 5. The Bertz CT molecular complexity index is 2350. The molecule has 2 aromatic carbocycles. The number of piperidine rings is 1. The molecule has 3 unspecified atom stereocenters. The van der Waals surface area contributed by atoms with E-state index in [-0.39, 0.29) is 41.8 Å². The first-order valence-corrected chi connectivity index (χ1v) is 20.7. The number of amides is 4. The zero-order valence-corrected chi connectivity index (χ0v) is 33.9. The van der Waals surface area contributed by atoms with E-state index in [1.807, 2.05) is 45.0 Å². The van der Waals surface area contributed by atoms with Gasteiger partial charge in [0.25, 0.3) is 0 Å². The summed E-state index contributed by atoms with van der Waals surface area (Å²) in [6.45, 7) is 8.14. The molecule has 300 valence electrons. The minimum atomic E-state index is -1.12. The van der Waals surface area contributed by atoms with Gasteiger partial charge in [0, 0.05) is 29.9 Å². The quantitative estimate of drug-likeness (QED) is 0.112. The molecule has 1 aliphatic carbocycles. The van der Waals surface area contributed by atoms with Crippen molar-refractivity contribution in [2.45, 2.75) is 90.0 Å². The molecule has 15 heteroatoms. The molecule has 8 rings (SSSR count). The number of rotatable bonds is 10. The van der Waals surface area contributed by atoms with Gasteiger partial charge in [-0.2, -0.15) is 0 Å². The summed E-state index contributed by atoms with van der Waals surface area (Å²) in [5, 5.41) is 15.7. The number of carbonyl (C=O) groups is 4. The fourth-order valence-electron chi connectivity index (χ4n) is 9.41. The Labute approximate surface area is 335 Å². The third-order valence-corrected chi connectivity index (χ3v) is 13.5. The second-order valence-electron chi connectivity index (χ2n) is 16.4. The van der Waals surface area contributed by atoms with Crippen LogP contribution in [-0.4, -0.2) is 103 Å². The van der Waals surface area contributed by atoms with Crippen molar-refractivity contribution in [2.24, 2.45) is 17.8 Å². The summed E-state index contributed by atoms with van der Waals surface area (Å²) in [6, 6.07) is 11.0. The van der Waals surface area contributed by atoms with E-state index in [1.54, 1.807) is 16.2 Å². The van der Waals surface area contributed by atoms with E-state index in [0.29, 0.717) is 18.3 Å². The number of ether oxygens (including phenoxy) is 1. The Morgan fingerprint density at radius 1 is 0.930 bits per heavy atom. The SMILES string of the molecule is COC(=O)NC(C(=O)N1[C@@H]2CC[C@@H](C2)[C@H]1c1ncc(-c2cc3ccc4cc(-c5cnc(C6CCCN6C(=O)C(C(C)C)N(C)C(=O)O)[nH]5)ccc4c3s2)[nH]1)C(C)C. The Balaban J connectivity index is 1.03. The number of likely N-dealkylation sites (N-methyl/N-ethyl adjacent to an activating group) is 1. The number of alkyl carbamates (subject to hydrolysis) is 1. The molecule has 3 fully saturated rings. The van der Waals surface area contributed by atoms with Crippen LogP contribution in [0.1, 0.15) is 83.5 Å². The summed E-state index contributed by atoms with van der Waals surface area (Å²) in [5.41, 5.74) is 2.72. The predicted molar refractivity (Wildman–Crippen MR) is 217 cm³/mol. The van der Waals surface area contributed by atoms with Gasteiger partial charge < -0.3 is 34.9 Å². The molecule has 5 heterocycles. The topological polar surface area (TPSA) is 177 Å². The molecule has 5 aromatic rings. The number of hydrogen-bond donors (Lipinski definition) is 4. The van der Waals surface area contributed by atoms with Crippen LogP contribution >= 0.6 is 11.3 Å². The van der Waals surface area contributed by atoms with E-state index in [2.05, 4.69) is 51.7 Å². The Kier molecular flexibility index (Phi) is 10.2. The zero-order chi connectivity index (χ0) is 40.3. The maximum Gasteiger partial charge on any atom is 0.407 e. The van der Waals surface area contributed by atoms with Crippen LogP contribution in [0, 0.1) is 17.8 Å². The van der Waals surface area contributed by atoms with Crippen LogP contribution in [0.15, 0.2) is 48.8 Å². The maximum atomic E-state index is 14.0. The number of thiophene rings is 1. The third kappa shape index (κ3) is 6.89. The molecule has 1 saturated carbocycles. The van der Waals surface area contributed by atoms with Crippen molar-refractivity contribution in [3.05, 3.63) is 60.4 Å². The Morgan fingerprint density at radius 3 is 2.40 bits per heavy atom. The average molecular weight is 795 g/mol. The van der Waals surface area contributed by atoms with Gasteiger partial charge in [0.15, 0.2) is 0 Å². The van der Waals surface area contributed by atoms with Gasteiger partial charge in [-0.05, 0) is 78.1 Å². The number of likely N-dealkylation sites (tertiary alicyclic amines) is 2. The fourth-order valence-corrected chi connectivity index (χ4v) is 10.6. The summed E-state index contributed by atoms with van der Waals surface area (Å²) in [5.74, 6) is 1.20. The number of carbonyl (C=O) groups excluding carboxylic acids is 3. The van der Waals surface area contributed by atoms with E-state index in [9.17, 15) is 24.3 Å². The second-order valence-corrected chi connectivity index (χ2v) is 17.5. The van der Waals surface area contributed by atoms with E-state index in [1.165, 1.54) is 14.2 Å². The number of imidazole rings is 2. The lowest BCUT2D eigenvalue weighted by atomic mass is 9.95. The minimum absolute atomic E-state index is 0.0963. The van der Waals surface area contributed by atoms with E-state index in [0.717, 1.165) is 85.5 Å². The first-order valence-electron chi connectivity index (χ1n) is 19.8. The number of nitrogens with one attached hydrogen (secondary N) is 3. The van der Waals surface area contributed by atoms with Gasteiger partial charge in [0.2, 0.25) is 11.8 Å². The molecule has 6 atom stereocenters. The lowest BCUT2D eigenvalue weighted by molar-refractivity contribution is -0.139. The van der Waals surface area contributed by atoms with Gasteiger partial charge >= 0.3 is 12.2 Å². The molecular weight excluding hydrogens is 745 g/mol. The number of methoxy groups -OCH3 is 1. The number of aromatic nitrogens is 4. The molecule has 4 amide bonds. The van der Waals surface area contributed by atoms with E-state index in [4.69, 9.17) is 14.7 Å². The molecule has 2 bridgehead atoms. The first kappa shape index (κ1) is 38.4. The molecule has 0 spiro atoms. The smallest absolute Gasteiger partial charge is 0.407 e. The number of hydrogen-bond acceptors (Lipinski definition) is 8. The summed E-state index contributed by atoms with van der Waals surface area (Å²) >= 11 is 1.70. The lowest BCUT2D eigenvalue weighted by Gasteiger charge is -2.37. The molecule has 2 aliphatic heterocycles. The summed E-state index contributed by atoms with van der Waals surface area (Å²) in [7, 11) is 2.76. The number of benzene rings is 2. The van der Waals surface area contributed by atoms with Gasteiger partial charge in [-0.15, -0.1) is 11.3 Å². The van der Waals surface area contributed by atoms with Crippen LogP contribution in [0.3, 0.4) is 0 Å². The van der Waals surface area contributed by atoms with Crippen LogP contribution in [0.4, 0.5) is 9.59 Å². The van der Waals surface area contributed by atoms with Gasteiger partial charge in [-0.25, -0.2) is 19.6 Å². The highest BCUT2D eigenvalue weighted by molar-refractivity contribution is 7.23. The third-order valence-electron chi connectivity index (χ3n) is 12.2. The van der Waals surface area contributed by atoms with Crippen molar-refractivity contribution in [1.29, 1.82) is 0 Å². The predicted octanol–water partition coefficient (Wildman–Crippen LogP) is 7.57. The van der Waals surface area contributed by atoms with Crippen LogP contribution in [0.5, 0.6) is 0 Å². The lowest BCUT2D eigenvalue weighted by Crippen LogP contribution is -2.54. The highest BCUT2D eigenvalue weighted by atomic mass is 32.1. The van der Waals surface area contributed by atoms with Crippen molar-refractivity contribution in [2.75, 3.05) is 20.7 Å². The number of carboxylic acid groups (broad SMARTS) is 1. The molecule has 4 N–H and O–H groups in total. The molecule has 3 aromatic heterocycles. The molecule has 3 aliphatic rings. The van der Waals surface area contributed by atoms with Crippen molar-refractivity contribution in [3.8, 4) is 21.8 Å². The maximum absolute atomic E-state index is 14.0. The van der Waals surface area contributed by atoms with Crippen molar-refractivity contribution < 1.29 is 29.0 Å². The van der Waals surface area contributed by atoms with Gasteiger partial charge in [-0.3, -0.25) is 14.5 Å². The molecule has 0 radical (unpaired) electrons. The highest BCUT2D eigenvalue weighted by Gasteiger charge is 2.51. The monoisotopic (exact) mass is 794 g/mol. The normalized spacial score (nSPS) is 21.5. The average Bonchev–Trinajstić information content (AvgIpc) is 4.04. The Hall–Kier alpha value is -5.44. The number of aromatic amines is 2. The first-order chi connectivity index (χ1) is 27.3. The zero-order valence-electron chi connectivity index (χ0n) is 33.1. The van der Waals surface area contributed by atoms with Crippen molar-refractivity contribution >= 4 is 56.2 Å². The fraction of sp³-hybridized carbons (Fsp3) is 0.476. The molecule has 2 saturated heterocycles. The number of H-pyrrole nitrogens is 2. The van der Waals surface area contributed by atoms with E-state index >= 15 is 0 Å². The molecule has 57 heavy (non-hydrogen) atoms.